The molecule has 0 saturated heterocycles. The van der Waals surface area contributed by atoms with E-state index in [1.165, 1.54) is 161 Å². The van der Waals surface area contributed by atoms with Gasteiger partial charge in [-0.15, -0.1) is 0 Å². The fraction of sp³-hybridized carbons (Fsp3) is 0.912. The molecule has 0 amide bonds. The first-order valence-electron chi connectivity index (χ1n) is 28.4. The zero-order valence-electron chi connectivity index (χ0n) is 44.1. The third-order valence-electron chi connectivity index (χ3n) is 12.3. The molecule has 0 aromatic carbocycles. The average Bonchev–Trinajstić information content (AvgIpc) is 3.31. The Labute approximate surface area is 409 Å². The third kappa shape index (κ3) is 48.8. The number of carbonyl (C=O) groups is 1. The highest BCUT2D eigenvalue weighted by molar-refractivity contribution is 5.78. The SMILES string of the molecule is C=C(OOCCCCCCCCOCCCCCCCCC)C(C(=C)OOCCCCCCCCOCCCCCCCCC)C(=O)OCCCCCCCCOCCCCCCCCC. The predicted molar refractivity (Wildman–Crippen MR) is 276 cm³/mol. The quantitative estimate of drug-likeness (QED) is 0.0194. The largest absolute Gasteiger partial charge is 0.465 e. The van der Waals surface area contributed by atoms with Gasteiger partial charge >= 0.3 is 5.97 Å². The summed E-state index contributed by atoms with van der Waals surface area (Å²) in [7, 11) is 0. The molecule has 9 nitrogen and oxygen atoms in total. The molecule has 0 unspecified atom stereocenters. The molecule has 0 fully saturated rings. The van der Waals surface area contributed by atoms with Crippen LogP contribution in [0.4, 0.5) is 0 Å². The first-order valence-corrected chi connectivity index (χ1v) is 28.4. The minimum Gasteiger partial charge on any atom is -0.465 e. The Hall–Kier alpha value is -1.65. The van der Waals surface area contributed by atoms with Crippen LogP contribution in [0, 0.1) is 5.92 Å². The predicted octanol–water partition coefficient (Wildman–Crippen LogP) is 17.4. The molecule has 0 aromatic heterocycles. The van der Waals surface area contributed by atoms with Crippen LogP contribution in [-0.2, 0) is 43.3 Å². The molecule has 392 valence electrons. The van der Waals surface area contributed by atoms with E-state index in [-0.39, 0.29) is 11.5 Å². The highest BCUT2D eigenvalue weighted by Crippen LogP contribution is 2.24. The molecule has 0 saturated carbocycles. The summed E-state index contributed by atoms with van der Waals surface area (Å²) in [6, 6.07) is 0. The summed E-state index contributed by atoms with van der Waals surface area (Å²) in [4.78, 5) is 35.4. The third-order valence-corrected chi connectivity index (χ3v) is 12.3. The monoisotopic (exact) mass is 939 g/mol. The number of hydrogen-bond donors (Lipinski definition) is 0. The molecular formula is C57H110O9. The smallest absolute Gasteiger partial charge is 0.324 e. The van der Waals surface area contributed by atoms with Gasteiger partial charge in [0, 0.05) is 39.6 Å². The van der Waals surface area contributed by atoms with Crippen molar-refractivity contribution in [3.8, 4) is 0 Å². The Kier molecular flexibility index (Phi) is 54.5. The first-order chi connectivity index (χ1) is 32.6. The number of esters is 1. The maximum atomic E-state index is 13.3. The standard InChI is InChI=1S/C57H110O9/c1-6-9-12-15-18-27-36-45-59-48-39-30-21-24-33-42-51-62-57(58)56(54(4)65-63-52-43-34-25-22-31-40-49-60-46-37-28-19-16-13-10-7-2)55(5)66-64-53-44-35-26-23-32-41-50-61-47-38-29-20-17-14-11-8-3/h56H,4-53H2,1-3H3. The number of hydrogen-bond acceptors (Lipinski definition) is 9. The van der Waals surface area contributed by atoms with Crippen molar-refractivity contribution < 1.29 is 43.3 Å². The second kappa shape index (κ2) is 55.9. The van der Waals surface area contributed by atoms with E-state index in [1.54, 1.807) is 0 Å². The topological polar surface area (TPSA) is 90.9 Å². The molecule has 0 bridgehead atoms. The Bertz CT molecular complexity index is 939. The van der Waals surface area contributed by atoms with Crippen LogP contribution < -0.4 is 0 Å². The van der Waals surface area contributed by atoms with Crippen LogP contribution in [0.25, 0.3) is 0 Å². The lowest BCUT2D eigenvalue weighted by atomic mass is 10.1. The molecular weight excluding hydrogens is 829 g/mol. The normalized spacial score (nSPS) is 11.5. The van der Waals surface area contributed by atoms with Crippen molar-refractivity contribution in [3.05, 3.63) is 24.7 Å². The van der Waals surface area contributed by atoms with Crippen LogP contribution in [0.5, 0.6) is 0 Å². The molecule has 9 heteroatoms. The van der Waals surface area contributed by atoms with Crippen LogP contribution in [0.1, 0.15) is 271 Å². The van der Waals surface area contributed by atoms with Gasteiger partial charge in [-0.05, 0) is 57.8 Å². The summed E-state index contributed by atoms with van der Waals surface area (Å²) in [6.45, 7) is 21.2. The summed E-state index contributed by atoms with van der Waals surface area (Å²) < 4.78 is 23.2. The Balaban J connectivity index is 4.32. The maximum Gasteiger partial charge on any atom is 0.324 e. The van der Waals surface area contributed by atoms with Gasteiger partial charge in [0.05, 0.1) is 19.8 Å². The van der Waals surface area contributed by atoms with Gasteiger partial charge in [0.15, 0.2) is 17.4 Å². The minimum absolute atomic E-state index is 0.0886. The van der Waals surface area contributed by atoms with Gasteiger partial charge < -0.3 is 28.7 Å². The van der Waals surface area contributed by atoms with Crippen LogP contribution in [0.2, 0.25) is 0 Å². The van der Waals surface area contributed by atoms with E-state index in [2.05, 4.69) is 33.9 Å². The van der Waals surface area contributed by atoms with Crippen molar-refractivity contribution in [1.29, 1.82) is 0 Å². The molecule has 0 spiro atoms. The van der Waals surface area contributed by atoms with Crippen molar-refractivity contribution in [2.45, 2.75) is 271 Å². The average molecular weight is 939 g/mol. The molecule has 0 N–H and O–H groups in total. The number of rotatable bonds is 58. The highest BCUT2D eigenvalue weighted by Gasteiger charge is 2.31. The molecule has 0 radical (unpaired) electrons. The molecule has 0 heterocycles. The lowest BCUT2D eigenvalue weighted by molar-refractivity contribution is -0.284. The molecule has 66 heavy (non-hydrogen) atoms. The van der Waals surface area contributed by atoms with E-state index in [4.69, 9.17) is 38.5 Å². The minimum atomic E-state index is -1.05. The van der Waals surface area contributed by atoms with Crippen molar-refractivity contribution in [3.63, 3.8) is 0 Å². The molecule has 0 atom stereocenters. The second-order valence-electron chi connectivity index (χ2n) is 18.9. The fourth-order valence-electron chi connectivity index (χ4n) is 7.98. The van der Waals surface area contributed by atoms with Gasteiger partial charge in [-0.2, -0.15) is 9.78 Å². The van der Waals surface area contributed by atoms with E-state index in [0.717, 1.165) is 130 Å². The molecule has 0 aliphatic carbocycles. The molecule has 0 aliphatic rings. The fourth-order valence-corrected chi connectivity index (χ4v) is 7.98. The van der Waals surface area contributed by atoms with E-state index in [9.17, 15) is 4.79 Å². The Morgan fingerprint density at radius 2 is 0.515 bits per heavy atom. The van der Waals surface area contributed by atoms with Crippen LogP contribution in [-0.4, -0.2) is 65.4 Å². The van der Waals surface area contributed by atoms with E-state index >= 15 is 0 Å². The molecule has 0 aromatic rings. The zero-order valence-corrected chi connectivity index (χ0v) is 44.1. The van der Waals surface area contributed by atoms with E-state index in [0.29, 0.717) is 19.8 Å². The Morgan fingerprint density at radius 3 is 0.773 bits per heavy atom. The van der Waals surface area contributed by atoms with Crippen molar-refractivity contribution in [2.24, 2.45) is 5.92 Å². The Morgan fingerprint density at radius 1 is 0.303 bits per heavy atom. The van der Waals surface area contributed by atoms with Crippen molar-refractivity contribution >= 4 is 5.97 Å². The van der Waals surface area contributed by atoms with E-state index < -0.39 is 11.9 Å². The second-order valence-corrected chi connectivity index (χ2v) is 18.9. The van der Waals surface area contributed by atoms with Crippen LogP contribution >= 0.6 is 0 Å². The van der Waals surface area contributed by atoms with Gasteiger partial charge in [-0.25, -0.2) is 0 Å². The van der Waals surface area contributed by atoms with Gasteiger partial charge in [0.1, 0.15) is 0 Å². The van der Waals surface area contributed by atoms with Crippen molar-refractivity contribution in [2.75, 3.05) is 59.5 Å². The van der Waals surface area contributed by atoms with Gasteiger partial charge in [-0.1, -0.05) is 227 Å². The highest BCUT2D eigenvalue weighted by atomic mass is 17.2. The van der Waals surface area contributed by atoms with Gasteiger partial charge in [-0.3, -0.25) is 4.79 Å². The summed E-state index contributed by atoms with van der Waals surface area (Å²) >= 11 is 0. The van der Waals surface area contributed by atoms with Crippen LogP contribution in [0.3, 0.4) is 0 Å². The number of ether oxygens (including phenoxy) is 4. The van der Waals surface area contributed by atoms with Crippen LogP contribution in [0.15, 0.2) is 24.7 Å². The first kappa shape index (κ1) is 64.3. The molecule has 0 rings (SSSR count). The number of unbranched alkanes of at least 4 members (excludes halogenated alkanes) is 33. The molecule has 0 aliphatic heterocycles. The summed E-state index contributed by atoms with van der Waals surface area (Å²) in [5.74, 6) is -1.39. The van der Waals surface area contributed by atoms with Gasteiger partial charge in [0.25, 0.3) is 0 Å². The zero-order chi connectivity index (χ0) is 47.9. The number of carbonyl (C=O) groups excluding carboxylic acids is 1. The lowest BCUT2D eigenvalue weighted by Gasteiger charge is -2.19. The van der Waals surface area contributed by atoms with Crippen molar-refractivity contribution in [1.82, 2.24) is 0 Å². The summed E-state index contributed by atoms with van der Waals surface area (Å²) in [6.07, 6.45) is 47.0. The van der Waals surface area contributed by atoms with Gasteiger partial charge in [0.2, 0.25) is 0 Å². The summed E-state index contributed by atoms with van der Waals surface area (Å²) in [5, 5.41) is 0. The lowest BCUT2D eigenvalue weighted by Crippen LogP contribution is -2.24. The summed E-state index contributed by atoms with van der Waals surface area (Å²) in [5.41, 5.74) is 0. The maximum absolute atomic E-state index is 13.3. The van der Waals surface area contributed by atoms with E-state index in [1.807, 2.05) is 0 Å².